The minimum absolute atomic E-state index is 0.0525. The van der Waals surface area contributed by atoms with Crippen molar-refractivity contribution in [1.29, 1.82) is 0 Å². The third-order valence-electron chi connectivity index (χ3n) is 3.74. The Morgan fingerprint density at radius 1 is 1.29 bits per heavy atom. The molecule has 0 atom stereocenters. The monoisotopic (exact) mass is 308 g/mol. The molecule has 0 saturated heterocycles. The maximum atomic E-state index is 11.7. The molecule has 1 aromatic rings. The van der Waals surface area contributed by atoms with Gasteiger partial charge >= 0.3 is 0 Å². The Kier molecular flexibility index (Phi) is 6.05. The number of ether oxygens (including phenoxy) is 1. The lowest BCUT2D eigenvalue weighted by Crippen LogP contribution is -2.27. The third kappa shape index (κ3) is 5.38. The molecule has 1 aliphatic carbocycles. The predicted octanol–water partition coefficient (Wildman–Crippen LogP) is 3.79. The normalized spacial score (nSPS) is 16.6. The van der Waals surface area contributed by atoms with Gasteiger partial charge in [0.05, 0.1) is 0 Å². The predicted molar refractivity (Wildman–Crippen MR) is 84.8 cm³/mol. The first-order valence-electron chi connectivity index (χ1n) is 7.36. The minimum atomic E-state index is -0.250. The van der Waals surface area contributed by atoms with E-state index in [0.29, 0.717) is 16.7 Å². The van der Waals surface area contributed by atoms with Crippen LogP contribution < -0.4 is 10.2 Å². The number of rotatable bonds is 5. The molecule has 2 rings (SSSR count). The zero-order valence-electron chi connectivity index (χ0n) is 12.3. The molecule has 1 saturated carbocycles. The van der Waals surface area contributed by atoms with Gasteiger partial charge in [-0.25, -0.2) is 5.43 Å². The summed E-state index contributed by atoms with van der Waals surface area (Å²) < 4.78 is 5.36. The van der Waals surface area contributed by atoms with Crippen molar-refractivity contribution >= 4 is 23.2 Å². The molecular formula is C16H21ClN2O2. The molecule has 1 amide bonds. The van der Waals surface area contributed by atoms with Crippen LogP contribution in [0.3, 0.4) is 0 Å². The Bertz CT molecular complexity index is 494. The van der Waals surface area contributed by atoms with Crippen LogP contribution in [0.4, 0.5) is 0 Å². The summed E-state index contributed by atoms with van der Waals surface area (Å²) in [5, 5.41) is 4.83. The number of amides is 1. The second kappa shape index (κ2) is 8.03. The van der Waals surface area contributed by atoms with Crippen molar-refractivity contribution < 1.29 is 9.53 Å². The van der Waals surface area contributed by atoms with Crippen LogP contribution >= 0.6 is 11.6 Å². The van der Waals surface area contributed by atoms with Gasteiger partial charge in [-0.15, -0.1) is 0 Å². The Morgan fingerprint density at radius 2 is 1.95 bits per heavy atom. The van der Waals surface area contributed by atoms with E-state index in [0.717, 1.165) is 5.71 Å². The maximum Gasteiger partial charge on any atom is 0.277 e. The molecule has 114 valence electrons. The molecule has 1 aliphatic rings. The van der Waals surface area contributed by atoms with E-state index in [1.165, 1.54) is 32.1 Å². The fraction of sp³-hybridized carbons (Fsp3) is 0.500. The first-order valence-corrected chi connectivity index (χ1v) is 7.74. The van der Waals surface area contributed by atoms with Gasteiger partial charge in [0.1, 0.15) is 5.75 Å². The number of hydrogen-bond donors (Lipinski definition) is 1. The Labute approximate surface area is 130 Å². The van der Waals surface area contributed by atoms with Crippen molar-refractivity contribution in [2.75, 3.05) is 6.61 Å². The van der Waals surface area contributed by atoms with Crippen LogP contribution in [0.25, 0.3) is 0 Å². The van der Waals surface area contributed by atoms with Crippen LogP contribution in [-0.4, -0.2) is 18.2 Å². The summed E-state index contributed by atoms with van der Waals surface area (Å²) in [6.45, 7) is 1.93. The standard InChI is InChI=1S/C16H21ClN2O2/c1-12(13-5-3-2-4-6-13)18-19-16(20)11-21-15-9-7-14(17)8-10-15/h7-10,13H,2-6,11H2,1H3,(H,19,20)/b18-12+. The van der Waals surface area contributed by atoms with Gasteiger partial charge in [-0.05, 0) is 49.9 Å². The van der Waals surface area contributed by atoms with Gasteiger partial charge in [0.25, 0.3) is 5.91 Å². The number of nitrogens with one attached hydrogen (secondary N) is 1. The molecule has 0 unspecified atom stereocenters. The van der Waals surface area contributed by atoms with Crippen molar-refractivity contribution in [3.05, 3.63) is 29.3 Å². The fourth-order valence-electron chi connectivity index (χ4n) is 2.47. The zero-order chi connectivity index (χ0) is 15.1. The second-order valence-electron chi connectivity index (χ2n) is 5.37. The van der Waals surface area contributed by atoms with Gasteiger partial charge in [-0.2, -0.15) is 5.10 Å². The van der Waals surface area contributed by atoms with Crippen LogP contribution in [0.2, 0.25) is 5.02 Å². The third-order valence-corrected chi connectivity index (χ3v) is 3.99. The molecule has 0 aliphatic heterocycles. The molecule has 0 aromatic heterocycles. The van der Waals surface area contributed by atoms with Crippen molar-refractivity contribution in [2.24, 2.45) is 11.0 Å². The average molecular weight is 309 g/mol. The lowest BCUT2D eigenvalue weighted by atomic mass is 9.86. The highest BCUT2D eigenvalue weighted by Crippen LogP contribution is 2.24. The topological polar surface area (TPSA) is 50.7 Å². The van der Waals surface area contributed by atoms with E-state index in [-0.39, 0.29) is 12.5 Å². The largest absolute Gasteiger partial charge is 0.484 e. The summed E-state index contributed by atoms with van der Waals surface area (Å²) in [5.41, 5.74) is 3.57. The quantitative estimate of drug-likeness (QED) is 0.664. The molecule has 0 radical (unpaired) electrons. The van der Waals surface area contributed by atoms with Gasteiger partial charge in [-0.1, -0.05) is 30.9 Å². The highest BCUT2D eigenvalue weighted by molar-refractivity contribution is 6.30. The molecule has 0 spiro atoms. The van der Waals surface area contributed by atoms with E-state index in [4.69, 9.17) is 16.3 Å². The Hall–Kier alpha value is -1.55. The number of hydrogen-bond acceptors (Lipinski definition) is 3. The van der Waals surface area contributed by atoms with Crippen LogP contribution in [0.5, 0.6) is 5.75 Å². The molecule has 0 bridgehead atoms. The van der Waals surface area contributed by atoms with Crippen molar-refractivity contribution in [3.63, 3.8) is 0 Å². The molecule has 4 nitrogen and oxygen atoms in total. The van der Waals surface area contributed by atoms with Crippen LogP contribution in [-0.2, 0) is 4.79 Å². The number of carbonyl (C=O) groups excluding carboxylic acids is 1. The van der Waals surface area contributed by atoms with Crippen LogP contribution in [0.1, 0.15) is 39.0 Å². The number of halogens is 1. The molecule has 1 fully saturated rings. The average Bonchev–Trinajstić information content (AvgIpc) is 2.53. The van der Waals surface area contributed by atoms with E-state index >= 15 is 0 Å². The summed E-state index contributed by atoms with van der Waals surface area (Å²) >= 11 is 5.78. The maximum absolute atomic E-state index is 11.7. The van der Waals surface area contributed by atoms with Crippen molar-refractivity contribution in [2.45, 2.75) is 39.0 Å². The molecule has 1 aromatic carbocycles. The van der Waals surface area contributed by atoms with Gasteiger partial charge in [0, 0.05) is 10.7 Å². The van der Waals surface area contributed by atoms with Crippen molar-refractivity contribution in [1.82, 2.24) is 5.43 Å². The summed E-state index contributed by atoms with van der Waals surface area (Å²) in [5.74, 6) is 0.874. The van der Waals surface area contributed by atoms with Gasteiger partial charge < -0.3 is 4.74 Å². The molecular weight excluding hydrogens is 288 g/mol. The lowest BCUT2D eigenvalue weighted by Gasteiger charge is -2.21. The smallest absolute Gasteiger partial charge is 0.277 e. The number of hydrazone groups is 1. The highest BCUT2D eigenvalue weighted by Gasteiger charge is 2.16. The van der Waals surface area contributed by atoms with E-state index in [1.807, 2.05) is 6.92 Å². The summed E-state index contributed by atoms with van der Waals surface area (Å²) in [4.78, 5) is 11.7. The van der Waals surface area contributed by atoms with Crippen LogP contribution in [0, 0.1) is 5.92 Å². The van der Waals surface area contributed by atoms with E-state index in [9.17, 15) is 4.79 Å². The van der Waals surface area contributed by atoms with Crippen molar-refractivity contribution in [3.8, 4) is 5.75 Å². The molecule has 0 heterocycles. The summed E-state index contributed by atoms with van der Waals surface area (Å²) in [6.07, 6.45) is 6.17. The fourth-order valence-corrected chi connectivity index (χ4v) is 2.60. The lowest BCUT2D eigenvalue weighted by molar-refractivity contribution is -0.123. The van der Waals surface area contributed by atoms with Gasteiger partial charge in [-0.3, -0.25) is 4.79 Å². The molecule has 21 heavy (non-hydrogen) atoms. The highest BCUT2D eigenvalue weighted by atomic mass is 35.5. The zero-order valence-corrected chi connectivity index (χ0v) is 13.0. The van der Waals surface area contributed by atoms with E-state index in [2.05, 4.69) is 10.5 Å². The second-order valence-corrected chi connectivity index (χ2v) is 5.80. The molecule has 1 N–H and O–H groups in total. The van der Waals surface area contributed by atoms with E-state index < -0.39 is 0 Å². The summed E-state index contributed by atoms with van der Waals surface area (Å²) in [6, 6.07) is 6.90. The minimum Gasteiger partial charge on any atom is -0.484 e. The number of benzene rings is 1. The first-order chi connectivity index (χ1) is 10.1. The van der Waals surface area contributed by atoms with Gasteiger partial charge in [0.15, 0.2) is 6.61 Å². The van der Waals surface area contributed by atoms with E-state index in [1.54, 1.807) is 24.3 Å². The van der Waals surface area contributed by atoms with Crippen LogP contribution in [0.15, 0.2) is 29.4 Å². The first kappa shape index (κ1) is 15.8. The van der Waals surface area contributed by atoms with Gasteiger partial charge in [0.2, 0.25) is 0 Å². The Balaban J connectivity index is 1.74. The Morgan fingerprint density at radius 3 is 2.62 bits per heavy atom. The number of carbonyl (C=O) groups is 1. The SMILES string of the molecule is C/C(=N\NC(=O)COc1ccc(Cl)cc1)C1CCCCC1. The molecule has 5 heteroatoms. The number of nitrogens with zero attached hydrogens (tertiary/aromatic N) is 1. The summed E-state index contributed by atoms with van der Waals surface area (Å²) in [7, 11) is 0.